The molecule has 1 aromatic carbocycles. The van der Waals surface area contributed by atoms with Crippen LogP contribution in [0.1, 0.15) is 12.0 Å². The molecule has 0 atom stereocenters. The van der Waals surface area contributed by atoms with Crippen molar-refractivity contribution in [2.24, 2.45) is 0 Å². The molecular formula is C15H11NO3S. The zero-order chi connectivity index (χ0) is 13.9. The molecule has 2 aromatic rings. The van der Waals surface area contributed by atoms with E-state index >= 15 is 0 Å². The molecule has 1 aromatic heterocycles. The predicted octanol–water partition coefficient (Wildman–Crippen LogP) is 2.74. The topological polar surface area (TPSA) is 60.2 Å². The molecule has 1 heterocycles. The molecule has 0 unspecified atom stereocenters. The van der Waals surface area contributed by atoms with Gasteiger partial charge in [0.15, 0.2) is 0 Å². The minimum atomic E-state index is -2.20. The Bertz CT molecular complexity index is 803. The quantitative estimate of drug-likeness (QED) is 0.796. The van der Waals surface area contributed by atoms with Crippen LogP contribution in [0.4, 0.5) is 0 Å². The van der Waals surface area contributed by atoms with E-state index in [0.717, 1.165) is 16.7 Å². The van der Waals surface area contributed by atoms with Gasteiger partial charge in [0, 0.05) is 17.6 Å². The molecule has 0 aliphatic heterocycles. The molecule has 1 aliphatic rings. The number of nitrogens with zero attached hydrogens (tertiary/aromatic N) is 1. The van der Waals surface area contributed by atoms with Gasteiger partial charge in [0.25, 0.3) is 0 Å². The largest absolute Gasteiger partial charge is 0.445 e. The molecule has 0 saturated heterocycles. The van der Waals surface area contributed by atoms with Crippen LogP contribution in [0.3, 0.4) is 0 Å². The smallest absolute Gasteiger partial charge is 0.225 e. The minimum absolute atomic E-state index is 0.413. The molecule has 4 nitrogen and oxygen atoms in total. The van der Waals surface area contributed by atoms with Gasteiger partial charge in [-0.05, 0) is 17.7 Å². The van der Waals surface area contributed by atoms with Crippen molar-refractivity contribution in [2.45, 2.75) is 6.42 Å². The predicted molar refractivity (Wildman–Crippen MR) is 77.6 cm³/mol. The summed E-state index contributed by atoms with van der Waals surface area (Å²) in [6.07, 6.45) is 9.05. The van der Waals surface area contributed by atoms with Crippen LogP contribution in [0.5, 0.6) is 0 Å². The lowest BCUT2D eigenvalue weighted by molar-refractivity contribution is 0.574. The monoisotopic (exact) mass is 285 g/mol. The van der Waals surface area contributed by atoms with Gasteiger partial charge >= 0.3 is 0 Å². The number of benzene rings is 1. The van der Waals surface area contributed by atoms with Crippen molar-refractivity contribution in [3.63, 3.8) is 0 Å². The molecule has 0 amide bonds. The second-order valence-corrected chi connectivity index (χ2v) is 5.25. The van der Waals surface area contributed by atoms with Gasteiger partial charge in [0.1, 0.15) is 6.26 Å². The van der Waals surface area contributed by atoms with Crippen molar-refractivity contribution in [1.29, 1.82) is 0 Å². The lowest BCUT2D eigenvalue weighted by Crippen LogP contribution is -2.05. The molecule has 0 saturated carbocycles. The maximum atomic E-state index is 11.3. The van der Waals surface area contributed by atoms with Crippen LogP contribution in [0.2, 0.25) is 0 Å². The van der Waals surface area contributed by atoms with Gasteiger partial charge in [0.2, 0.25) is 16.2 Å². The molecule has 0 spiro atoms. The molecular weight excluding hydrogens is 274 g/mol. The number of oxazole rings is 1. The van der Waals surface area contributed by atoms with Gasteiger partial charge in [-0.2, -0.15) is 8.42 Å². The lowest BCUT2D eigenvalue weighted by atomic mass is 9.96. The Balaban J connectivity index is 2.01. The summed E-state index contributed by atoms with van der Waals surface area (Å²) in [5.74, 6) is 0.547. The van der Waals surface area contributed by atoms with Gasteiger partial charge < -0.3 is 4.42 Å². The van der Waals surface area contributed by atoms with Gasteiger partial charge in [-0.3, -0.25) is 0 Å². The Kier molecular flexibility index (Phi) is 3.35. The van der Waals surface area contributed by atoms with Crippen LogP contribution in [-0.4, -0.2) is 18.3 Å². The van der Waals surface area contributed by atoms with Crippen molar-refractivity contribution in [3.8, 4) is 11.5 Å². The van der Waals surface area contributed by atoms with Crippen molar-refractivity contribution in [3.05, 3.63) is 60.5 Å². The Morgan fingerprint density at radius 2 is 1.85 bits per heavy atom. The first kappa shape index (κ1) is 12.6. The van der Waals surface area contributed by atoms with Crippen LogP contribution in [0, 0.1) is 0 Å². The Hall–Kier alpha value is -2.40. The van der Waals surface area contributed by atoms with E-state index in [0.29, 0.717) is 17.2 Å². The van der Waals surface area contributed by atoms with Gasteiger partial charge in [-0.15, -0.1) is 0 Å². The maximum absolute atomic E-state index is 11.3. The summed E-state index contributed by atoms with van der Waals surface area (Å²) < 4.78 is 27.7. The molecule has 0 N–H and O–H groups in total. The average Bonchev–Trinajstić information content (AvgIpc) is 3.02. The van der Waals surface area contributed by atoms with E-state index in [9.17, 15) is 8.42 Å². The molecule has 0 fully saturated rings. The second kappa shape index (κ2) is 5.30. The molecule has 100 valence electrons. The summed E-state index contributed by atoms with van der Waals surface area (Å²) in [6.45, 7) is 0. The molecule has 1 aliphatic carbocycles. The Labute approximate surface area is 117 Å². The standard InChI is InChI=1S/C15H11NO3S/c17-20(18)14-4-2-1-3-13(14)11-5-7-12(8-6-11)15-16-9-10-19-15/h1-3,5-10H,4H2. The normalized spacial score (nSPS) is 14.2. The second-order valence-electron chi connectivity index (χ2n) is 4.29. The van der Waals surface area contributed by atoms with Gasteiger partial charge in [0.05, 0.1) is 11.1 Å². The van der Waals surface area contributed by atoms with Crippen molar-refractivity contribution < 1.29 is 12.8 Å². The van der Waals surface area contributed by atoms with Crippen LogP contribution in [-0.2, 0) is 10.3 Å². The summed E-state index contributed by atoms with van der Waals surface area (Å²) in [5.41, 5.74) is 2.46. The van der Waals surface area contributed by atoms with E-state index in [-0.39, 0.29) is 0 Å². The van der Waals surface area contributed by atoms with E-state index < -0.39 is 10.3 Å². The number of hydrogen-bond acceptors (Lipinski definition) is 4. The Morgan fingerprint density at radius 1 is 1.10 bits per heavy atom. The third-order valence-corrected chi connectivity index (χ3v) is 3.87. The van der Waals surface area contributed by atoms with Gasteiger partial charge in [-0.25, -0.2) is 4.98 Å². The SMILES string of the molecule is O=S(=O)=C1CC=CC=C1c1ccc(-c2ncco2)cc1. The first-order valence-electron chi connectivity index (χ1n) is 6.08. The number of aromatic nitrogens is 1. The zero-order valence-electron chi connectivity index (χ0n) is 10.5. The van der Waals surface area contributed by atoms with E-state index in [1.807, 2.05) is 42.5 Å². The van der Waals surface area contributed by atoms with Crippen molar-refractivity contribution >= 4 is 20.7 Å². The summed E-state index contributed by atoms with van der Waals surface area (Å²) in [4.78, 5) is 4.49. The molecule has 5 heteroatoms. The zero-order valence-corrected chi connectivity index (χ0v) is 11.3. The van der Waals surface area contributed by atoms with E-state index in [4.69, 9.17) is 4.42 Å². The summed E-state index contributed by atoms with van der Waals surface area (Å²) in [7, 11) is -2.20. The molecule has 0 bridgehead atoms. The highest BCUT2D eigenvalue weighted by Crippen LogP contribution is 2.24. The Morgan fingerprint density at radius 3 is 2.50 bits per heavy atom. The van der Waals surface area contributed by atoms with Gasteiger partial charge in [-0.1, -0.05) is 30.4 Å². The van der Waals surface area contributed by atoms with E-state index in [1.165, 1.54) is 6.26 Å². The molecule has 3 rings (SSSR count). The first-order chi connectivity index (χ1) is 9.75. The van der Waals surface area contributed by atoms with Crippen LogP contribution >= 0.6 is 0 Å². The van der Waals surface area contributed by atoms with E-state index in [1.54, 1.807) is 6.20 Å². The maximum Gasteiger partial charge on any atom is 0.225 e. The third-order valence-electron chi connectivity index (χ3n) is 3.08. The van der Waals surface area contributed by atoms with Crippen LogP contribution < -0.4 is 0 Å². The number of allylic oxidation sites excluding steroid dienone is 4. The van der Waals surface area contributed by atoms with Crippen LogP contribution in [0.15, 0.2) is 59.4 Å². The number of rotatable bonds is 2. The highest BCUT2D eigenvalue weighted by atomic mass is 32.2. The summed E-state index contributed by atoms with van der Waals surface area (Å²) in [6, 6.07) is 7.48. The fourth-order valence-corrected chi connectivity index (χ4v) is 2.71. The van der Waals surface area contributed by atoms with Crippen LogP contribution in [0.25, 0.3) is 17.0 Å². The molecule has 20 heavy (non-hydrogen) atoms. The average molecular weight is 285 g/mol. The van der Waals surface area contributed by atoms with E-state index in [2.05, 4.69) is 4.98 Å². The molecule has 0 radical (unpaired) electrons. The fraction of sp³-hybridized carbons (Fsp3) is 0.0667. The van der Waals surface area contributed by atoms with Crippen molar-refractivity contribution in [1.82, 2.24) is 4.98 Å². The third kappa shape index (κ3) is 2.35. The minimum Gasteiger partial charge on any atom is -0.445 e. The fourth-order valence-electron chi connectivity index (χ4n) is 2.12. The highest BCUT2D eigenvalue weighted by molar-refractivity contribution is 7.74. The lowest BCUT2D eigenvalue weighted by Gasteiger charge is -2.10. The number of hydrogen-bond donors (Lipinski definition) is 0. The van der Waals surface area contributed by atoms with Crippen molar-refractivity contribution in [2.75, 3.05) is 0 Å². The first-order valence-corrected chi connectivity index (χ1v) is 7.16. The summed E-state index contributed by atoms with van der Waals surface area (Å²) in [5, 5.41) is 0. The highest BCUT2D eigenvalue weighted by Gasteiger charge is 2.13. The summed E-state index contributed by atoms with van der Waals surface area (Å²) >= 11 is 0.